The molecule has 1 atom stereocenters. The number of nitrogens with zero attached hydrogens (tertiary/aromatic N) is 1. The first-order chi connectivity index (χ1) is 10.1. The first-order valence-electron chi connectivity index (χ1n) is 6.93. The Bertz CT molecular complexity index is 910. The zero-order valence-corrected chi connectivity index (χ0v) is 13.0. The number of benzene rings is 1. The maximum Gasteiger partial charge on any atom is 0.260 e. The molecule has 1 aliphatic rings. The summed E-state index contributed by atoms with van der Waals surface area (Å²) in [4.78, 5) is 21.9. The van der Waals surface area contributed by atoms with E-state index in [0.29, 0.717) is 11.2 Å². The summed E-state index contributed by atoms with van der Waals surface area (Å²) in [5.41, 5.74) is 3.46. The fraction of sp³-hybridized carbons (Fsp3) is 0.250. The van der Waals surface area contributed by atoms with Crippen LogP contribution in [-0.2, 0) is 12.8 Å². The van der Waals surface area contributed by atoms with Crippen LogP contribution in [0.25, 0.3) is 21.3 Å². The van der Waals surface area contributed by atoms with Gasteiger partial charge in [0.05, 0.1) is 10.8 Å². The first kappa shape index (κ1) is 13.0. The minimum Gasteiger partial charge on any atom is -0.309 e. The lowest BCUT2D eigenvalue weighted by molar-refractivity contribution is 0.917. The van der Waals surface area contributed by atoms with Crippen LogP contribution in [-0.4, -0.2) is 9.97 Å². The number of fused-ring (bicyclic) bond motifs is 5. The lowest BCUT2D eigenvalue weighted by Gasteiger charge is -2.15. The number of hydrogen-bond donors (Lipinski definition) is 1. The van der Waals surface area contributed by atoms with E-state index < -0.39 is 0 Å². The molecule has 1 N–H and O–H groups in total. The van der Waals surface area contributed by atoms with E-state index in [0.717, 1.165) is 23.2 Å². The van der Waals surface area contributed by atoms with Gasteiger partial charge in [0.25, 0.3) is 5.56 Å². The Balaban J connectivity index is 2.09. The predicted octanol–water partition coefficient (Wildman–Crippen LogP) is 4.05. The first-order valence-corrected chi connectivity index (χ1v) is 8.18. The summed E-state index contributed by atoms with van der Waals surface area (Å²) >= 11 is 7.67. The number of aromatic amines is 1. The van der Waals surface area contributed by atoms with Gasteiger partial charge in [-0.25, -0.2) is 4.98 Å². The molecule has 0 fully saturated rings. The number of halogens is 1. The molecule has 0 saturated carbocycles. The molecule has 3 nitrogen and oxygen atoms in total. The molecular weight excluding hydrogens is 304 g/mol. The number of hydrogen-bond acceptors (Lipinski definition) is 3. The Labute approximate surface area is 130 Å². The third-order valence-electron chi connectivity index (χ3n) is 3.94. The molecule has 106 valence electrons. The minimum atomic E-state index is -0.298. The average Bonchev–Trinajstić information content (AvgIpc) is 2.86. The number of thiophene rings is 1. The molecular formula is C16H13ClN2OS. The highest BCUT2D eigenvalue weighted by Crippen LogP contribution is 2.42. The minimum absolute atomic E-state index is 0.0864. The molecule has 0 bridgehead atoms. The normalized spacial score (nSPS) is 14.8. The SMILES string of the molecule is CC(Cl)c1nc2sc3c(c2c(=O)[nH]1)-c1ccccc1CC3. The van der Waals surface area contributed by atoms with Gasteiger partial charge in [-0.05, 0) is 30.9 Å². The van der Waals surface area contributed by atoms with Crippen molar-refractivity contribution >= 4 is 33.2 Å². The van der Waals surface area contributed by atoms with Gasteiger partial charge in [0.1, 0.15) is 10.7 Å². The molecule has 0 amide bonds. The predicted molar refractivity (Wildman–Crippen MR) is 87.4 cm³/mol. The number of aromatic nitrogens is 2. The van der Waals surface area contributed by atoms with Crippen molar-refractivity contribution in [3.05, 3.63) is 50.9 Å². The van der Waals surface area contributed by atoms with Crippen molar-refractivity contribution in [2.45, 2.75) is 25.1 Å². The molecule has 3 aromatic rings. The van der Waals surface area contributed by atoms with E-state index in [1.54, 1.807) is 11.3 Å². The van der Waals surface area contributed by atoms with E-state index in [1.165, 1.54) is 16.0 Å². The molecule has 0 aliphatic heterocycles. The standard InChI is InChI=1S/C16H13ClN2OS/c1-8(17)14-18-15(20)13-12-10-5-3-2-4-9(10)6-7-11(12)21-16(13)19-14/h2-5,8H,6-7H2,1H3,(H,18,19,20). The fourth-order valence-electron chi connectivity index (χ4n) is 2.95. The zero-order valence-electron chi connectivity index (χ0n) is 11.4. The Morgan fingerprint density at radius 3 is 2.95 bits per heavy atom. The van der Waals surface area contributed by atoms with Gasteiger partial charge in [-0.2, -0.15) is 0 Å². The zero-order chi connectivity index (χ0) is 14.6. The second kappa shape index (κ2) is 4.68. The summed E-state index contributed by atoms with van der Waals surface area (Å²) in [6, 6.07) is 8.30. The van der Waals surface area contributed by atoms with Crippen molar-refractivity contribution in [2.75, 3.05) is 0 Å². The van der Waals surface area contributed by atoms with E-state index >= 15 is 0 Å². The molecule has 4 rings (SSSR count). The molecule has 0 radical (unpaired) electrons. The molecule has 2 heterocycles. The van der Waals surface area contributed by atoms with Gasteiger partial charge < -0.3 is 4.98 Å². The largest absolute Gasteiger partial charge is 0.309 e. The molecule has 21 heavy (non-hydrogen) atoms. The van der Waals surface area contributed by atoms with Crippen molar-refractivity contribution in [1.82, 2.24) is 9.97 Å². The van der Waals surface area contributed by atoms with Gasteiger partial charge in [-0.15, -0.1) is 22.9 Å². The maximum absolute atomic E-state index is 12.5. The van der Waals surface area contributed by atoms with Gasteiger partial charge in [0.2, 0.25) is 0 Å². The smallest absolute Gasteiger partial charge is 0.260 e. The highest BCUT2D eigenvalue weighted by Gasteiger charge is 2.24. The van der Waals surface area contributed by atoms with Crippen LogP contribution in [0.4, 0.5) is 0 Å². The van der Waals surface area contributed by atoms with E-state index in [4.69, 9.17) is 11.6 Å². The average molecular weight is 317 g/mol. The number of alkyl halides is 1. The summed E-state index contributed by atoms with van der Waals surface area (Å²) in [6.45, 7) is 1.81. The second-order valence-electron chi connectivity index (χ2n) is 5.30. The Morgan fingerprint density at radius 2 is 2.14 bits per heavy atom. The van der Waals surface area contributed by atoms with E-state index in [1.807, 2.05) is 19.1 Å². The van der Waals surface area contributed by atoms with Gasteiger partial charge >= 0.3 is 0 Å². The Kier molecular flexibility index (Phi) is 2.91. The monoisotopic (exact) mass is 316 g/mol. The molecule has 2 aromatic heterocycles. The lowest BCUT2D eigenvalue weighted by atomic mass is 9.89. The number of H-pyrrole nitrogens is 1. The third-order valence-corrected chi connectivity index (χ3v) is 5.29. The highest BCUT2D eigenvalue weighted by molar-refractivity contribution is 7.19. The Hall–Kier alpha value is -1.65. The van der Waals surface area contributed by atoms with Gasteiger partial charge in [-0.1, -0.05) is 24.3 Å². The van der Waals surface area contributed by atoms with Crippen LogP contribution >= 0.6 is 22.9 Å². The highest BCUT2D eigenvalue weighted by atomic mass is 35.5. The number of rotatable bonds is 1. The van der Waals surface area contributed by atoms with Crippen LogP contribution in [0.3, 0.4) is 0 Å². The van der Waals surface area contributed by atoms with Crippen molar-refractivity contribution in [1.29, 1.82) is 0 Å². The summed E-state index contributed by atoms with van der Waals surface area (Å²) in [5.74, 6) is 0.543. The summed E-state index contributed by atoms with van der Waals surface area (Å²) in [6.07, 6.45) is 1.99. The van der Waals surface area contributed by atoms with Gasteiger partial charge in [0, 0.05) is 10.4 Å². The third kappa shape index (κ3) is 1.93. The number of aryl methyl sites for hydroxylation is 2. The lowest BCUT2D eigenvalue weighted by Crippen LogP contribution is -2.12. The van der Waals surface area contributed by atoms with Gasteiger partial charge in [-0.3, -0.25) is 4.79 Å². The van der Waals surface area contributed by atoms with Crippen molar-refractivity contribution in [2.24, 2.45) is 0 Å². The van der Waals surface area contributed by atoms with Gasteiger partial charge in [0.15, 0.2) is 0 Å². The van der Waals surface area contributed by atoms with E-state index in [2.05, 4.69) is 22.1 Å². The molecule has 1 unspecified atom stereocenters. The summed E-state index contributed by atoms with van der Waals surface area (Å²) in [5, 5.41) is 0.414. The fourth-order valence-corrected chi connectivity index (χ4v) is 4.25. The van der Waals surface area contributed by atoms with Crippen molar-refractivity contribution < 1.29 is 0 Å². The molecule has 1 aromatic carbocycles. The quantitative estimate of drug-likeness (QED) is 0.688. The van der Waals surface area contributed by atoms with Crippen LogP contribution in [0.15, 0.2) is 29.1 Å². The van der Waals surface area contributed by atoms with E-state index in [9.17, 15) is 4.79 Å². The van der Waals surface area contributed by atoms with Crippen molar-refractivity contribution in [3.8, 4) is 11.1 Å². The summed E-state index contributed by atoms with van der Waals surface area (Å²) < 4.78 is 0. The van der Waals surface area contributed by atoms with Crippen LogP contribution < -0.4 is 5.56 Å². The Morgan fingerprint density at radius 1 is 1.33 bits per heavy atom. The van der Waals surface area contributed by atoms with Crippen molar-refractivity contribution in [3.63, 3.8) is 0 Å². The molecule has 0 saturated heterocycles. The molecule has 0 spiro atoms. The molecule has 1 aliphatic carbocycles. The van der Waals surface area contributed by atoms with E-state index in [-0.39, 0.29) is 10.9 Å². The second-order valence-corrected chi connectivity index (χ2v) is 7.04. The van der Waals surface area contributed by atoms with Crippen LogP contribution in [0, 0.1) is 0 Å². The maximum atomic E-state index is 12.5. The topological polar surface area (TPSA) is 45.8 Å². The van der Waals surface area contributed by atoms with Crippen LogP contribution in [0.5, 0.6) is 0 Å². The molecule has 5 heteroatoms. The van der Waals surface area contributed by atoms with Crippen LogP contribution in [0.1, 0.15) is 28.6 Å². The van der Waals surface area contributed by atoms with Crippen LogP contribution in [0.2, 0.25) is 0 Å². The summed E-state index contributed by atoms with van der Waals surface area (Å²) in [7, 11) is 0. The number of nitrogens with one attached hydrogen (secondary N) is 1.